The van der Waals surface area contributed by atoms with Crippen LogP contribution in [0.2, 0.25) is 0 Å². The summed E-state index contributed by atoms with van der Waals surface area (Å²) in [6.45, 7) is 0. The minimum atomic E-state index is 0.222. The van der Waals surface area contributed by atoms with Crippen molar-refractivity contribution >= 4 is 21.8 Å². The van der Waals surface area contributed by atoms with Crippen LogP contribution in [0.25, 0.3) is 60.9 Å². The van der Waals surface area contributed by atoms with Crippen molar-refractivity contribution in [2.75, 3.05) is 0 Å². The van der Waals surface area contributed by atoms with E-state index >= 15 is 0 Å². The first-order valence-corrected chi connectivity index (χ1v) is 18.4. The molecule has 0 radical (unpaired) electrons. The lowest BCUT2D eigenvalue weighted by Gasteiger charge is -2.29. The Morgan fingerprint density at radius 2 is 1.02 bits per heavy atom. The molecule has 11 rings (SSSR count). The van der Waals surface area contributed by atoms with Crippen LogP contribution in [0.15, 0.2) is 188 Å². The van der Waals surface area contributed by atoms with Gasteiger partial charge in [-0.15, -0.1) is 0 Å². The van der Waals surface area contributed by atoms with Crippen molar-refractivity contribution in [1.29, 1.82) is 0 Å². The summed E-state index contributed by atoms with van der Waals surface area (Å²) in [7, 11) is 0. The van der Waals surface area contributed by atoms with E-state index in [0.29, 0.717) is 5.92 Å². The molecule has 0 spiro atoms. The molecule has 2 aliphatic carbocycles. The zero-order valence-electron chi connectivity index (χ0n) is 28.7. The first kappa shape index (κ1) is 29.3. The third-order valence-electron chi connectivity index (χ3n) is 11.7. The van der Waals surface area contributed by atoms with E-state index in [9.17, 15) is 0 Å². The SMILES string of the molecule is c1ccc(C2Cc3ccc(-c4cccc(-n5c6ccccc6c6cc(C7c8ccccc8-c8ccccc87)ccc65)c4)cc3-c3ccccc32)cc1. The molecular formula is C51H35N. The number of nitrogens with zero attached hydrogens (tertiary/aromatic N) is 1. The number of rotatable bonds is 4. The third kappa shape index (κ3) is 4.42. The molecule has 52 heavy (non-hydrogen) atoms. The molecule has 0 amide bonds. The number of para-hydroxylation sites is 1. The summed E-state index contributed by atoms with van der Waals surface area (Å²) in [6.07, 6.45) is 1.01. The van der Waals surface area contributed by atoms with Crippen molar-refractivity contribution in [3.05, 3.63) is 221 Å². The molecule has 2 aliphatic rings. The Morgan fingerprint density at radius 1 is 0.385 bits per heavy atom. The van der Waals surface area contributed by atoms with Crippen LogP contribution in [0.4, 0.5) is 0 Å². The van der Waals surface area contributed by atoms with Crippen LogP contribution in [0.3, 0.4) is 0 Å². The van der Waals surface area contributed by atoms with Gasteiger partial charge in [0.25, 0.3) is 0 Å². The topological polar surface area (TPSA) is 4.93 Å². The Balaban J connectivity index is 1.02. The quantitative estimate of drug-likeness (QED) is 0.177. The number of fused-ring (bicyclic) bond motifs is 9. The van der Waals surface area contributed by atoms with Crippen molar-refractivity contribution in [3.63, 3.8) is 0 Å². The van der Waals surface area contributed by atoms with Gasteiger partial charge >= 0.3 is 0 Å². The van der Waals surface area contributed by atoms with Gasteiger partial charge in [0.05, 0.1) is 11.0 Å². The lowest BCUT2D eigenvalue weighted by molar-refractivity contribution is 0.794. The fourth-order valence-electron chi connectivity index (χ4n) is 9.33. The van der Waals surface area contributed by atoms with Gasteiger partial charge in [0.15, 0.2) is 0 Å². The van der Waals surface area contributed by atoms with E-state index in [-0.39, 0.29) is 5.92 Å². The molecule has 244 valence electrons. The molecule has 0 N–H and O–H groups in total. The van der Waals surface area contributed by atoms with E-state index in [2.05, 4.69) is 193 Å². The van der Waals surface area contributed by atoms with Gasteiger partial charge in [-0.1, -0.05) is 152 Å². The first-order valence-electron chi connectivity index (χ1n) is 18.4. The van der Waals surface area contributed by atoms with E-state index in [1.165, 1.54) is 94.3 Å². The van der Waals surface area contributed by atoms with Gasteiger partial charge in [-0.2, -0.15) is 0 Å². The molecule has 1 heteroatoms. The van der Waals surface area contributed by atoms with Crippen molar-refractivity contribution in [2.24, 2.45) is 0 Å². The molecule has 0 aliphatic heterocycles. The standard InChI is InChI=1S/C51H35N/c1-2-13-33(14-3-1)46-31-36-26-25-35(30-47(36)42-20-5-4-19-41(42)46)34-15-12-16-38(29-34)52-49-24-11-10-21-43(49)48-32-37(27-28-50(48)52)51-44-22-8-6-17-39(44)40-18-7-9-23-45(40)51/h1-30,32,46,51H,31H2. The number of aromatic nitrogens is 1. The Bertz CT molecular complexity index is 2790. The zero-order chi connectivity index (χ0) is 34.2. The van der Waals surface area contributed by atoms with Crippen LogP contribution >= 0.6 is 0 Å². The molecule has 1 atom stereocenters. The molecule has 1 aromatic heterocycles. The van der Waals surface area contributed by atoms with Crippen molar-refractivity contribution in [1.82, 2.24) is 4.57 Å². The fourth-order valence-corrected chi connectivity index (χ4v) is 9.33. The summed E-state index contributed by atoms with van der Waals surface area (Å²) in [5, 5.41) is 2.57. The minimum absolute atomic E-state index is 0.222. The van der Waals surface area contributed by atoms with Gasteiger partial charge in [0, 0.05) is 28.3 Å². The first-order chi connectivity index (χ1) is 25.8. The average molecular weight is 662 g/mol. The highest BCUT2D eigenvalue weighted by atomic mass is 15.0. The number of benzene rings is 8. The van der Waals surface area contributed by atoms with Gasteiger partial charge in [-0.3, -0.25) is 0 Å². The van der Waals surface area contributed by atoms with Crippen LogP contribution in [-0.4, -0.2) is 4.57 Å². The van der Waals surface area contributed by atoms with Gasteiger partial charge < -0.3 is 4.57 Å². The molecule has 1 unspecified atom stereocenters. The summed E-state index contributed by atoms with van der Waals surface area (Å²) < 4.78 is 2.45. The normalized spacial score (nSPS) is 14.6. The molecule has 1 heterocycles. The molecular weight excluding hydrogens is 627 g/mol. The predicted octanol–water partition coefficient (Wildman–Crippen LogP) is 13.0. The second kappa shape index (κ2) is 11.5. The second-order valence-electron chi connectivity index (χ2n) is 14.4. The largest absolute Gasteiger partial charge is 0.309 e. The Kier molecular flexibility index (Phi) is 6.51. The van der Waals surface area contributed by atoms with Crippen LogP contribution in [0, 0.1) is 0 Å². The maximum atomic E-state index is 2.45. The highest BCUT2D eigenvalue weighted by Gasteiger charge is 2.30. The van der Waals surface area contributed by atoms with Gasteiger partial charge in [-0.05, 0) is 110 Å². The zero-order valence-corrected chi connectivity index (χ0v) is 28.7. The van der Waals surface area contributed by atoms with Crippen LogP contribution in [0.5, 0.6) is 0 Å². The highest BCUT2D eigenvalue weighted by Crippen LogP contribution is 2.49. The summed E-state index contributed by atoms with van der Waals surface area (Å²) >= 11 is 0. The highest BCUT2D eigenvalue weighted by molar-refractivity contribution is 6.09. The third-order valence-corrected chi connectivity index (χ3v) is 11.7. The summed E-state index contributed by atoms with van der Waals surface area (Å²) in [5.41, 5.74) is 19.8. The smallest absolute Gasteiger partial charge is 0.0541 e. The lowest BCUT2D eigenvalue weighted by Crippen LogP contribution is -2.12. The molecule has 8 aromatic carbocycles. The summed E-state index contributed by atoms with van der Waals surface area (Å²) in [6, 6.07) is 70.0. The molecule has 0 saturated carbocycles. The maximum Gasteiger partial charge on any atom is 0.0541 e. The van der Waals surface area contributed by atoms with E-state index in [1.54, 1.807) is 0 Å². The lowest BCUT2D eigenvalue weighted by atomic mass is 9.75. The van der Waals surface area contributed by atoms with Crippen LogP contribution in [0.1, 0.15) is 45.2 Å². The van der Waals surface area contributed by atoms with Gasteiger partial charge in [-0.25, -0.2) is 0 Å². The monoisotopic (exact) mass is 661 g/mol. The van der Waals surface area contributed by atoms with Crippen LogP contribution in [-0.2, 0) is 6.42 Å². The van der Waals surface area contributed by atoms with E-state index in [0.717, 1.165) is 6.42 Å². The maximum absolute atomic E-state index is 2.45. The molecule has 0 fully saturated rings. The van der Waals surface area contributed by atoms with E-state index in [1.807, 2.05) is 0 Å². The minimum Gasteiger partial charge on any atom is -0.309 e. The molecule has 0 bridgehead atoms. The summed E-state index contributed by atoms with van der Waals surface area (Å²) in [5.74, 6) is 0.590. The van der Waals surface area contributed by atoms with Crippen molar-refractivity contribution < 1.29 is 0 Å². The van der Waals surface area contributed by atoms with Crippen molar-refractivity contribution in [2.45, 2.75) is 18.3 Å². The number of hydrogen-bond acceptors (Lipinski definition) is 0. The van der Waals surface area contributed by atoms with Crippen LogP contribution < -0.4 is 0 Å². The Morgan fingerprint density at radius 3 is 1.81 bits per heavy atom. The number of hydrogen-bond donors (Lipinski definition) is 0. The molecule has 0 saturated heterocycles. The summed E-state index contributed by atoms with van der Waals surface area (Å²) in [4.78, 5) is 0. The van der Waals surface area contributed by atoms with E-state index < -0.39 is 0 Å². The molecule has 1 nitrogen and oxygen atoms in total. The Labute approximate surface area is 304 Å². The van der Waals surface area contributed by atoms with E-state index in [4.69, 9.17) is 0 Å². The Hall–Kier alpha value is -6.44. The average Bonchev–Trinajstić information content (AvgIpc) is 3.73. The predicted molar refractivity (Wildman–Crippen MR) is 216 cm³/mol. The fraction of sp³-hybridized carbons (Fsp3) is 0.0588. The van der Waals surface area contributed by atoms with Gasteiger partial charge in [0.2, 0.25) is 0 Å². The van der Waals surface area contributed by atoms with Gasteiger partial charge in [0.1, 0.15) is 0 Å². The molecule has 9 aromatic rings. The van der Waals surface area contributed by atoms with Crippen molar-refractivity contribution in [3.8, 4) is 39.1 Å². The second-order valence-corrected chi connectivity index (χ2v) is 14.4.